The molecule has 0 aromatic heterocycles. The van der Waals surface area contributed by atoms with E-state index in [-0.39, 0.29) is 0 Å². The average Bonchev–Trinajstić information content (AvgIpc) is 2.34. The Hall–Kier alpha value is -1.12. The molecule has 0 unspecified atom stereocenters. The van der Waals surface area contributed by atoms with E-state index in [4.69, 9.17) is 5.11 Å². The highest BCUT2D eigenvalue weighted by molar-refractivity contribution is 5.99. The number of aliphatic carboxylic acids is 1. The van der Waals surface area contributed by atoms with Crippen molar-refractivity contribution in [1.29, 1.82) is 0 Å². The average molecular weight is 139 g/mol. The Morgan fingerprint density at radius 2 is 2.60 bits per heavy atom. The summed E-state index contributed by atoms with van der Waals surface area (Å²) < 4.78 is 0. The Labute approximate surface area is 59.1 Å². The largest absolute Gasteiger partial charge is 0.478 e. The van der Waals surface area contributed by atoms with Gasteiger partial charge in [-0.2, -0.15) is 0 Å². The molecule has 0 saturated heterocycles. The van der Waals surface area contributed by atoms with Crippen LogP contribution < -0.4 is 0 Å². The topological polar surface area (TPSA) is 49.7 Å². The second kappa shape index (κ2) is 2.64. The maximum Gasteiger partial charge on any atom is 0.333 e. The van der Waals surface area contributed by atoms with Crippen molar-refractivity contribution >= 4 is 11.7 Å². The van der Waals surface area contributed by atoms with Gasteiger partial charge in [0.2, 0.25) is 0 Å². The molecule has 0 aromatic rings. The molecule has 0 aliphatic carbocycles. The van der Waals surface area contributed by atoms with Gasteiger partial charge in [0, 0.05) is 18.3 Å². The van der Waals surface area contributed by atoms with Gasteiger partial charge >= 0.3 is 5.97 Å². The Morgan fingerprint density at radius 1 is 1.90 bits per heavy atom. The summed E-state index contributed by atoms with van der Waals surface area (Å²) in [6.45, 7) is 1.97. The van der Waals surface area contributed by atoms with Crippen LogP contribution in [0.5, 0.6) is 0 Å². The normalized spacial score (nSPS) is 16.5. The van der Waals surface area contributed by atoms with E-state index in [1.807, 2.05) is 6.92 Å². The fourth-order valence-corrected chi connectivity index (χ4v) is 0.827. The Bertz CT molecular complexity index is 216. The van der Waals surface area contributed by atoms with E-state index in [0.717, 1.165) is 12.1 Å². The summed E-state index contributed by atoms with van der Waals surface area (Å²) in [5.74, 6) is -0.854. The third-order valence-corrected chi connectivity index (χ3v) is 1.48. The number of rotatable bonds is 2. The molecule has 0 saturated carbocycles. The van der Waals surface area contributed by atoms with Gasteiger partial charge in [-0.25, -0.2) is 4.79 Å². The molecule has 3 heteroatoms. The predicted molar refractivity (Wildman–Crippen MR) is 38.1 cm³/mol. The first-order chi connectivity index (χ1) is 4.74. The SMILES string of the molecule is CCC1=NC=C(C(=O)O)C1. The molecule has 0 fully saturated rings. The van der Waals surface area contributed by atoms with Crippen molar-refractivity contribution in [2.75, 3.05) is 0 Å². The van der Waals surface area contributed by atoms with Crippen LogP contribution in [0.1, 0.15) is 19.8 Å². The number of nitrogens with zero attached hydrogens (tertiary/aromatic N) is 1. The van der Waals surface area contributed by atoms with Gasteiger partial charge in [-0.15, -0.1) is 0 Å². The minimum absolute atomic E-state index is 0.400. The summed E-state index contributed by atoms with van der Waals surface area (Å²) in [5, 5.41) is 8.48. The molecule has 0 aromatic carbocycles. The molecule has 54 valence electrons. The molecular formula is C7H9NO2. The molecule has 1 aliphatic heterocycles. The lowest BCUT2D eigenvalue weighted by Crippen LogP contribution is -2.01. The van der Waals surface area contributed by atoms with Gasteiger partial charge < -0.3 is 5.11 Å². The van der Waals surface area contributed by atoms with E-state index in [9.17, 15) is 4.79 Å². The zero-order valence-corrected chi connectivity index (χ0v) is 5.79. The van der Waals surface area contributed by atoms with E-state index in [1.165, 1.54) is 6.20 Å². The molecule has 1 aliphatic rings. The highest BCUT2D eigenvalue weighted by Crippen LogP contribution is 2.12. The van der Waals surface area contributed by atoms with E-state index in [1.54, 1.807) is 0 Å². The lowest BCUT2D eigenvalue weighted by Gasteiger charge is -1.92. The molecule has 1 heterocycles. The maximum atomic E-state index is 10.3. The second-order valence-electron chi connectivity index (χ2n) is 2.19. The van der Waals surface area contributed by atoms with Gasteiger partial charge in [0.1, 0.15) is 0 Å². The van der Waals surface area contributed by atoms with Gasteiger partial charge in [0.05, 0.1) is 5.57 Å². The molecular weight excluding hydrogens is 130 g/mol. The molecule has 0 atom stereocenters. The maximum absolute atomic E-state index is 10.3. The predicted octanol–water partition coefficient (Wildman–Crippen LogP) is 1.21. The van der Waals surface area contributed by atoms with E-state index in [0.29, 0.717) is 12.0 Å². The molecule has 1 rings (SSSR count). The minimum atomic E-state index is -0.854. The summed E-state index contributed by atoms with van der Waals surface area (Å²) in [5.41, 5.74) is 1.36. The zero-order valence-electron chi connectivity index (χ0n) is 5.79. The first-order valence-electron chi connectivity index (χ1n) is 3.22. The van der Waals surface area contributed by atoms with Crippen LogP contribution in [0.3, 0.4) is 0 Å². The van der Waals surface area contributed by atoms with Crippen molar-refractivity contribution in [1.82, 2.24) is 0 Å². The lowest BCUT2D eigenvalue weighted by atomic mass is 10.1. The summed E-state index contributed by atoms with van der Waals surface area (Å²) in [6, 6.07) is 0. The zero-order chi connectivity index (χ0) is 7.56. The second-order valence-corrected chi connectivity index (χ2v) is 2.19. The summed E-state index contributed by atoms with van der Waals surface area (Å²) in [4.78, 5) is 14.3. The molecule has 3 nitrogen and oxygen atoms in total. The fraction of sp³-hybridized carbons (Fsp3) is 0.429. The fourth-order valence-electron chi connectivity index (χ4n) is 0.827. The Morgan fingerprint density at radius 3 is 2.90 bits per heavy atom. The van der Waals surface area contributed by atoms with Crippen molar-refractivity contribution in [3.63, 3.8) is 0 Å². The van der Waals surface area contributed by atoms with Crippen LogP contribution in [0.25, 0.3) is 0 Å². The van der Waals surface area contributed by atoms with Crippen molar-refractivity contribution in [3.05, 3.63) is 11.8 Å². The molecule has 0 spiro atoms. The van der Waals surface area contributed by atoms with Gasteiger partial charge in [0.15, 0.2) is 0 Å². The molecule has 0 radical (unpaired) electrons. The summed E-state index contributed by atoms with van der Waals surface area (Å²) in [6.07, 6.45) is 2.79. The smallest absolute Gasteiger partial charge is 0.333 e. The van der Waals surface area contributed by atoms with E-state index >= 15 is 0 Å². The van der Waals surface area contributed by atoms with Crippen LogP contribution >= 0.6 is 0 Å². The summed E-state index contributed by atoms with van der Waals surface area (Å²) >= 11 is 0. The monoisotopic (exact) mass is 139 g/mol. The minimum Gasteiger partial charge on any atom is -0.478 e. The van der Waals surface area contributed by atoms with Gasteiger partial charge in [-0.05, 0) is 6.42 Å². The lowest BCUT2D eigenvalue weighted by molar-refractivity contribution is -0.132. The number of hydrogen-bond acceptors (Lipinski definition) is 2. The third kappa shape index (κ3) is 1.23. The Balaban J connectivity index is 2.56. The first-order valence-corrected chi connectivity index (χ1v) is 3.22. The highest BCUT2D eigenvalue weighted by Gasteiger charge is 2.13. The molecule has 10 heavy (non-hydrogen) atoms. The van der Waals surface area contributed by atoms with Gasteiger partial charge in [0.25, 0.3) is 0 Å². The van der Waals surface area contributed by atoms with Crippen LogP contribution in [0.15, 0.2) is 16.8 Å². The quantitative estimate of drug-likeness (QED) is 0.625. The Kier molecular flexibility index (Phi) is 1.85. The van der Waals surface area contributed by atoms with Crippen LogP contribution in [-0.2, 0) is 4.79 Å². The number of hydrogen-bond donors (Lipinski definition) is 1. The van der Waals surface area contributed by atoms with Crippen molar-refractivity contribution in [2.24, 2.45) is 4.99 Å². The summed E-state index contributed by atoms with van der Waals surface area (Å²) in [7, 11) is 0. The van der Waals surface area contributed by atoms with Crippen molar-refractivity contribution < 1.29 is 9.90 Å². The number of aliphatic imine (C=N–C) groups is 1. The van der Waals surface area contributed by atoms with Crippen molar-refractivity contribution in [2.45, 2.75) is 19.8 Å². The third-order valence-electron chi connectivity index (χ3n) is 1.48. The van der Waals surface area contributed by atoms with Crippen LogP contribution in [0.2, 0.25) is 0 Å². The number of carboxylic acid groups (broad SMARTS) is 1. The standard InChI is InChI=1S/C7H9NO2/c1-2-6-3-5(4-8-6)7(9)10/h4H,2-3H2,1H3,(H,9,10). The van der Waals surface area contributed by atoms with Crippen molar-refractivity contribution in [3.8, 4) is 0 Å². The van der Waals surface area contributed by atoms with Crippen LogP contribution in [0.4, 0.5) is 0 Å². The van der Waals surface area contributed by atoms with Gasteiger partial charge in [-0.1, -0.05) is 6.92 Å². The number of carbonyl (C=O) groups is 1. The van der Waals surface area contributed by atoms with E-state index in [2.05, 4.69) is 4.99 Å². The molecule has 1 N–H and O–H groups in total. The van der Waals surface area contributed by atoms with E-state index < -0.39 is 5.97 Å². The van der Waals surface area contributed by atoms with Crippen LogP contribution in [0, 0.1) is 0 Å². The first kappa shape index (κ1) is 6.99. The number of carboxylic acids is 1. The van der Waals surface area contributed by atoms with Gasteiger partial charge in [-0.3, -0.25) is 4.99 Å². The van der Waals surface area contributed by atoms with Crippen LogP contribution in [-0.4, -0.2) is 16.8 Å². The molecule has 0 amide bonds. The highest BCUT2D eigenvalue weighted by atomic mass is 16.4. The molecule has 0 bridgehead atoms.